The number of hydrogen-bond donors (Lipinski definition) is 2. The summed E-state index contributed by atoms with van der Waals surface area (Å²) in [7, 11) is 0. The Bertz CT molecular complexity index is 1540. The minimum absolute atomic E-state index is 0.0801. The van der Waals surface area contributed by atoms with Crippen LogP contribution in [0, 0.1) is 11.3 Å². The zero-order valence-electron chi connectivity index (χ0n) is 18.2. The van der Waals surface area contributed by atoms with Crippen LogP contribution in [0.5, 0.6) is 0 Å². The summed E-state index contributed by atoms with van der Waals surface area (Å²) in [4.78, 5) is 25.2. The lowest BCUT2D eigenvalue weighted by Crippen LogP contribution is -2.24. The summed E-state index contributed by atoms with van der Waals surface area (Å²) in [6.45, 7) is 2.00. The van der Waals surface area contributed by atoms with Crippen LogP contribution >= 0.6 is 0 Å². The standard InChI is InChI=1S/C19H15N3O2.C5H5N5/c1-2-17-21-16-10-6-9-15(13-11-20-24-12-13)18(16)19(23)22(17)14-7-4-3-5-8-14;6-1-3-2-9-5(8)10-4(3)7/h3-12H,2H2,1H3;2H,(H4,7,8,9,10). The summed E-state index contributed by atoms with van der Waals surface area (Å²) in [6.07, 6.45) is 5.10. The summed E-state index contributed by atoms with van der Waals surface area (Å²) < 4.78 is 6.62. The van der Waals surface area contributed by atoms with Gasteiger partial charge >= 0.3 is 0 Å². The molecule has 3 heterocycles. The highest BCUT2D eigenvalue weighted by molar-refractivity contribution is 5.93. The second-order valence-corrected chi connectivity index (χ2v) is 7.11. The van der Waals surface area contributed by atoms with Gasteiger partial charge < -0.3 is 16.0 Å². The monoisotopic (exact) mass is 452 g/mol. The van der Waals surface area contributed by atoms with Crippen LogP contribution in [-0.4, -0.2) is 24.7 Å². The molecule has 0 saturated carbocycles. The maximum Gasteiger partial charge on any atom is 0.266 e. The van der Waals surface area contributed by atoms with E-state index >= 15 is 0 Å². The zero-order chi connectivity index (χ0) is 24.1. The van der Waals surface area contributed by atoms with E-state index < -0.39 is 0 Å². The molecule has 0 saturated heterocycles. The van der Waals surface area contributed by atoms with Crippen molar-refractivity contribution in [2.45, 2.75) is 13.3 Å². The lowest BCUT2D eigenvalue weighted by Gasteiger charge is -2.13. The van der Waals surface area contributed by atoms with Crippen LogP contribution in [0.1, 0.15) is 18.3 Å². The fraction of sp³-hybridized carbons (Fsp3) is 0.0833. The van der Waals surface area contributed by atoms with Crippen molar-refractivity contribution < 1.29 is 4.52 Å². The number of aromatic nitrogens is 5. The van der Waals surface area contributed by atoms with Crippen LogP contribution in [0.25, 0.3) is 27.7 Å². The van der Waals surface area contributed by atoms with E-state index in [1.807, 2.05) is 61.5 Å². The SMILES string of the molecule is CCc1nc2cccc(-c3cnoc3)c2c(=O)n1-c1ccccc1.N#Cc1cnc(N)nc1N. The van der Waals surface area contributed by atoms with Crippen LogP contribution in [0.3, 0.4) is 0 Å². The Hall–Kier alpha value is -5.04. The summed E-state index contributed by atoms with van der Waals surface area (Å²) in [6, 6.07) is 17.0. The summed E-state index contributed by atoms with van der Waals surface area (Å²) in [5.41, 5.74) is 13.7. The molecule has 0 spiro atoms. The number of benzene rings is 2. The molecule has 0 unspecified atom stereocenters. The number of nitrogens with zero attached hydrogens (tertiary/aromatic N) is 6. The molecule has 0 aliphatic heterocycles. The van der Waals surface area contributed by atoms with Crippen molar-refractivity contribution in [3.63, 3.8) is 0 Å². The number of aryl methyl sites for hydroxylation is 1. The Morgan fingerprint density at radius 1 is 1.06 bits per heavy atom. The third-order valence-corrected chi connectivity index (χ3v) is 5.00. The molecule has 0 aliphatic carbocycles. The van der Waals surface area contributed by atoms with E-state index in [0.717, 1.165) is 22.6 Å². The van der Waals surface area contributed by atoms with Gasteiger partial charge in [0.2, 0.25) is 5.95 Å². The van der Waals surface area contributed by atoms with Crippen LogP contribution in [0.15, 0.2) is 76.5 Å². The summed E-state index contributed by atoms with van der Waals surface area (Å²) in [5.74, 6) is 0.938. The Kier molecular flexibility index (Phi) is 6.27. The minimum atomic E-state index is -0.0835. The minimum Gasteiger partial charge on any atom is -0.382 e. The number of rotatable bonds is 3. The van der Waals surface area contributed by atoms with E-state index in [0.29, 0.717) is 17.3 Å². The topological polar surface area (TPSA) is 163 Å². The largest absolute Gasteiger partial charge is 0.382 e. The highest BCUT2D eigenvalue weighted by Crippen LogP contribution is 2.26. The smallest absolute Gasteiger partial charge is 0.266 e. The Morgan fingerprint density at radius 2 is 1.85 bits per heavy atom. The van der Waals surface area contributed by atoms with Crippen LogP contribution in [0.2, 0.25) is 0 Å². The highest BCUT2D eigenvalue weighted by Gasteiger charge is 2.16. The number of hydrogen-bond acceptors (Lipinski definition) is 9. The first-order valence-corrected chi connectivity index (χ1v) is 10.3. The number of fused-ring (bicyclic) bond motifs is 1. The number of nitriles is 1. The van der Waals surface area contributed by atoms with Crippen molar-refractivity contribution in [3.8, 4) is 22.9 Å². The first-order valence-electron chi connectivity index (χ1n) is 10.3. The molecule has 0 aliphatic rings. The maximum absolute atomic E-state index is 13.3. The average molecular weight is 452 g/mol. The zero-order valence-corrected chi connectivity index (χ0v) is 18.2. The van der Waals surface area contributed by atoms with E-state index in [4.69, 9.17) is 26.2 Å². The van der Waals surface area contributed by atoms with Gasteiger partial charge in [0.05, 0.1) is 29.0 Å². The Morgan fingerprint density at radius 3 is 2.50 bits per heavy atom. The van der Waals surface area contributed by atoms with Gasteiger partial charge in [0.25, 0.3) is 5.56 Å². The number of nitrogens with two attached hydrogens (primary N) is 2. The van der Waals surface area contributed by atoms with E-state index in [1.54, 1.807) is 10.8 Å². The fourth-order valence-electron chi connectivity index (χ4n) is 3.43. The first-order chi connectivity index (χ1) is 16.5. The molecule has 0 atom stereocenters. The molecule has 0 amide bonds. The average Bonchev–Trinajstić information content (AvgIpc) is 3.39. The van der Waals surface area contributed by atoms with Crippen molar-refractivity contribution in [1.29, 1.82) is 5.26 Å². The molecule has 168 valence electrons. The van der Waals surface area contributed by atoms with Gasteiger partial charge in [-0.1, -0.05) is 42.4 Å². The maximum atomic E-state index is 13.3. The highest BCUT2D eigenvalue weighted by atomic mass is 16.5. The van der Waals surface area contributed by atoms with E-state index in [-0.39, 0.29) is 22.9 Å². The Labute approximate surface area is 194 Å². The molecule has 10 heteroatoms. The predicted molar refractivity (Wildman–Crippen MR) is 128 cm³/mol. The van der Waals surface area contributed by atoms with Crippen molar-refractivity contribution in [2.24, 2.45) is 0 Å². The number of anilines is 2. The normalized spacial score (nSPS) is 10.4. The second-order valence-electron chi connectivity index (χ2n) is 7.11. The molecule has 5 aromatic rings. The van der Waals surface area contributed by atoms with Gasteiger partial charge in [-0.3, -0.25) is 9.36 Å². The van der Waals surface area contributed by atoms with Crippen molar-refractivity contribution in [1.82, 2.24) is 24.7 Å². The Balaban J connectivity index is 0.000000231. The van der Waals surface area contributed by atoms with Gasteiger partial charge in [-0.05, 0) is 18.2 Å². The van der Waals surface area contributed by atoms with E-state index in [2.05, 4.69) is 15.1 Å². The molecule has 4 N–H and O–H groups in total. The number of para-hydroxylation sites is 1. The summed E-state index contributed by atoms with van der Waals surface area (Å²) >= 11 is 0. The molecule has 10 nitrogen and oxygen atoms in total. The lowest BCUT2D eigenvalue weighted by atomic mass is 10.0. The third kappa shape index (κ3) is 4.31. The van der Waals surface area contributed by atoms with Gasteiger partial charge in [0.1, 0.15) is 29.5 Å². The van der Waals surface area contributed by atoms with Crippen molar-refractivity contribution in [3.05, 3.63) is 88.9 Å². The van der Waals surface area contributed by atoms with Crippen LogP contribution < -0.4 is 17.0 Å². The van der Waals surface area contributed by atoms with Gasteiger partial charge in [-0.15, -0.1) is 0 Å². The van der Waals surface area contributed by atoms with Gasteiger partial charge in [0.15, 0.2) is 0 Å². The van der Waals surface area contributed by atoms with Gasteiger partial charge in [-0.25, -0.2) is 9.97 Å². The fourth-order valence-corrected chi connectivity index (χ4v) is 3.43. The molecule has 34 heavy (non-hydrogen) atoms. The molecular formula is C24H20N8O2. The van der Waals surface area contributed by atoms with Gasteiger partial charge in [-0.2, -0.15) is 10.2 Å². The lowest BCUT2D eigenvalue weighted by molar-refractivity contribution is 0.420. The van der Waals surface area contributed by atoms with Crippen molar-refractivity contribution in [2.75, 3.05) is 11.5 Å². The summed E-state index contributed by atoms with van der Waals surface area (Å²) in [5, 5.41) is 12.7. The molecule has 0 radical (unpaired) electrons. The second kappa shape index (κ2) is 9.62. The first kappa shape index (κ1) is 22.2. The molecule has 0 fully saturated rings. The van der Waals surface area contributed by atoms with Crippen LogP contribution in [0.4, 0.5) is 11.8 Å². The quantitative estimate of drug-likeness (QED) is 0.418. The van der Waals surface area contributed by atoms with Crippen molar-refractivity contribution >= 4 is 22.7 Å². The van der Waals surface area contributed by atoms with E-state index in [1.165, 1.54) is 12.5 Å². The van der Waals surface area contributed by atoms with Crippen LogP contribution in [-0.2, 0) is 6.42 Å². The van der Waals surface area contributed by atoms with Gasteiger partial charge in [0, 0.05) is 17.5 Å². The molecule has 2 aromatic carbocycles. The molecule has 3 aromatic heterocycles. The third-order valence-electron chi connectivity index (χ3n) is 5.00. The predicted octanol–water partition coefficient (Wildman–Crippen LogP) is 3.12. The number of nitrogen functional groups attached to an aromatic ring is 2. The van der Waals surface area contributed by atoms with E-state index in [9.17, 15) is 4.79 Å². The molecular weight excluding hydrogens is 432 g/mol. The molecule has 0 bridgehead atoms. The molecule has 5 rings (SSSR count).